The van der Waals surface area contributed by atoms with E-state index in [9.17, 15) is 4.79 Å². The maximum Gasteiger partial charge on any atom is 0.252 e. The highest BCUT2D eigenvalue weighted by Gasteiger charge is 2.21. The van der Waals surface area contributed by atoms with Crippen molar-refractivity contribution in [2.75, 3.05) is 31.2 Å². The van der Waals surface area contributed by atoms with Gasteiger partial charge in [-0.2, -0.15) is 0 Å². The third-order valence-corrected chi connectivity index (χ3v) is 5.40. The summed E-state index contributed by atoms with van der Waals surface area (Å²) in [5, 5.41) is 3.23. The summed E-state index contributed by atoms with van der Waals surface area (Å²) in [6.45, 7) is 7.04. The van der Waals surface area contributed by atoms with Crippen LogP contribution in [-0.4, -0.2) is 42.2 Å². The Balaban J connectivity index is 1.63. The number of morpholine rings is 1. The Morgan fingerprint density at radius 2 is 1.80 bits per heavy atom. The van der Waals surface area contributed by atoms with E-state index in [1.807, 2.05) is 18.2 Å². The molecular formula is C24H26N4O2. The zero-order valence-electron chi connectivity index (χ0n) is 17.3. The first-order chi connectivity index (χ1) is 14.6. The lowest BCUT2D eigenvalue weighted by atomic mass is 9.94. The average Bonchev–Trinajstić information content (AvgIpc) is 2.80. The van der Waals surface area contributed by atoms with Gasteiger partial charge in [0, 0.05) is 37.2 Å². The number of hydrogen-bond donors (Lipinski definition) is 1. The van der Waals surface area contributed by atoms with Gasteiger partial charge in [-0.05, 0) is 54.8 Å². The van der Waals surface area contributed by atoms with Crippen molar-refractivity contribution < 1.29 is 9.53 Å². The minimum atomic E-state index is -0.264. The molecule has 0 aliphatic carbocycles. The molecule has 0 saturated carbocycles. The van der Waals surface area contributed by atoms with Crippen LogP contribution in [0.2, 0.25) is 0 Å². The van der Waals surface area contributed by atoms with Gasteiger partial charge in [-0.15, -0.1) is 0 Å². The molecule has 4 rings (SSSR count). The first kappa shape index (κ1) is 20.0. The number of rotatable bonds is 5. The number of nitrogens with one attached hydrogen (secondary N) is 1. The Labute approximate surface area is 176 Å². The van der Waals surface area contributed by atoms with Gasteiger partial charge in [-0.25, -0.2) is 4.98 Å². The highest BCUT2D eigenvalue weighted by atomic mass is 16.5. The number of hydrogen-bond acceptors (Lipinski definition) is 5. The third-order valence-electron chi connectivity index (χ3n) is 5.40. The SMILES string of the molecule is Cc1ccc(C)c(C(NC(=O)c2ccnc(N3CCOCC3)c2)c2ccncc2)c1. The van der Waals surface area contributed by atoms with Crippen LogP contribution in [0, 0.1) is 13.8 Å². The van der Waals surface area contributed by atoms with E-state index in [2.05, 4.69) is 52.2 Å². The first-order valence-corrected chi connectivity index (χ1v) is 10.2. The molecule has 1 unspecified atom stereocenters. The van der Waals surface area contributed by atoms with E-state index in [-0.39, 0.29) is 11.9 Å². The predicted molar refractivity (Wildman–Crippen MR) is 117 cm³/mol. The van der Waals surface area contributed by atoms with Gasteiger partial charge in [0.05, 0.1) is 19.3 Å². The molecule has 3 heterocycles. The van der Waals surface area contributed by atoms with Crippen molar-refractivity contribution in [1.82, 2.24) is 15.3 Å². The van der Waals surface area contributed by atoms with Crippen molar-refractivity contribution in [2.24, 2.45) is 0 Å². The van der Waals surface area contributed by atoms with Gasteiger partial charge in [0.1, 0.15) is 5.82 Å². The molecule has 154 valence electrons. The number of amides is 1. The van der Waals surface area contributed by atoms with E-state index >= 15 is 0 Å². The van der Waals surface area contributed by atoms with E-state index < -0.39 is 0 Å². The van der Waals surface area contributed by atoms with Crippen LogP contribution in [0.3, 0.4) is 0 Å². The molecule has 6 heteroatoms. The van der Waals surface area contributed by atoms with E-state index in [1.165, 1.54) is 0 Å². The van der Waals surface area contributed by atoms with Crippen LogP contribution in [0.15, 0.2) is 61.1 Å². The summed E-state index contributed by atoms with van der Waals surface area (Å²) in [5.41, 5.74) is 4.95. The fraction of sp³-hybridized carbons (Fsp3) is 0.292. The number of anilines is 1. The van der Waals surface area contributed by atoms with Crippen LogP contribution >= 0.6 is 0 Å². The minimum absolute atomic E-state index is 0.130. The number of carbonyl (C=O) groups excluding carboxylic acids is 1. The Morgan fingerprint density at radius 1 is 1.03 bits per heavy atom. The fourth-order valence-corrected chi connectivity index (χ4v) is 3.71. The van der Waals surface area contributed by atoms with Gasteiger partial charge in [-0.1, -0.05) is 23.8 Å². The summed E-state index contributed by atoms with van der Waals surface area (Å²) in [5.74, 6) is 0.674. The molecule has 0 bridgehead atoms. The largest absolute Gasteiger partial charge is 0.378 e. The second-order valence-electron chi connectivity index (χ2n) is 7.55. The third kappa shape index (κ3) is 4.49. The standard InChI is InChI=1S/C24H26N4O2/c1-17-3-4-18(2)21(15-17)23(19-5-8-25-9-6-19)27-24(29)20-7-10-26-22(16-20)28-11-13-30-14-12-28/h3-10,15-16,23H,11-14H2,1-2H3,(H,27,29). The van der Waals surface area contributed by atoms with Crippen molar-refractivity contribution in [3.05, 3.63) is 88.9 Å². The van der Waals surface area contributed by atoms with E-state index in [4.69, 9.17) is 4.74 Å². The van der Waals surface area contributed by atoms with E-state index in [0.717, 1.165) is 41.2 Å². The summed E-state index contributed by atoms with van der Waals surface area (Å²) in [6, 6.07) is 13.5. The molecule has 30 heavy (non-hydrogen) atoms. The van der Waals surface area contributed by atoms with Crippen molar-refractivity contribution in [1.29, 1.82) is 0 Å². The zero-order valence-corrected chi connectivity index (χ0v) is 17.3. The van der Waals surface area contributed by atoms with Gasteiger partial charge >= 0.3 is 0 Å². The molecule has 1 fully saturated rings. The smallest absolute Gasteiger partial charge is 0.252 e. The lowest BCUT2D eigenvalue weighted by molar-refractivity contribution is 0.0942. The number of ether oxygens (including phenoxy) is 1. The molecule has 2 aromatic heterocycles. The zero-order chi connectivity index (χ0) is 20.9. The molecule has 1 aliphatic rings. The summed E-state index contributed by atoms with van der Waals surface area (Å²) in [6.07, 6.45) is 5.20. The highest BCUT2D eigenvalue weighted by Crippen LogP contribution is 2.26. The predicted octanol–water partition coefficient (Wildman–Crippen LogP) is 3.45. The Bertz CT molecular complexity index is 1020. The summed E-state index contributed by atoms with van der Waals surface area (Å²) in [4.78, 5) is 24.0. The first-order valence-electron chi connectivity index (χ1n) is 10.2. The maximum absolute atomic E-state index is 13.2. The van der Waals surface area contributed by atoms with Gasteiger partial charge in [0.2, 0.25) is 0 Å². The lowest BCUT2D eigenvalue weighted by Crippen LogP contribution is -2.37. The number of nitrogens with zero attached hydrogens (tertiary/aromatic N) is 3. The normalized spacial score (nSPS) is 14.9. The fourth-order valence-electron chi connectivity index (χ4n) is 3.71. The Hall–Kier alpha value is -3.25. The second kappa shape index (κ2) is 9.05. The van der Waals surface area contributed by atoms with Gasteiger partial charge in [0.25, 0.3) is 5.91 Å². The molecule has 1 aliphatic heterocycles. The summed E-state index contributed by atoms with van der Waals surface area (Å²) >= 11 is 0. The van der Waals surface area contributed by atoms with Gasteiger partial charge in [-0.3, -0.25) is 9.78 Å². The Morgan fingerprint density at radius 3 is 2.57 bits per heavy atom. The number of aromatic nitrogens is 2. The highest BCUT2D eigenvalue weighted by molar-refractivity contribution is 5.95. The van der Waals surface area contributed by atoms with E-state index in [1.54, 1.807) is 24.7 Å². The maximum atomic E-state index is 13.2. The van der Waals surface area contributed by atoms with Gasteiger partial charge in [0.15, 0.2) is 0 Å². The number of benzene rings is 1. The van der Waals surface area contributed by atoms with Crippen LogP contribution in [-0.2, 0) is 4.74 Å². The van der Waals surface area contributed by atoms with Crippen LogP contribution in [0.25, 0.3) is 0 Å². The number of carbonyl (C=O) groups is 1. The topological polar surface area (TPSA) is 67.4 Å². The average molecular weight is 402 g/mol. The molecule has 0 radical (unpaired) electrons. The van der Waals surface area contributed by atoms with Crippen molar-refractivity contribution in [3.8, 4) is 0 Å². The van der Waals surface area contributed by atoms with Crippen LogP contribution < -0.4 is 10.2 Å². The number of pyridine rings is 2. The quantitative estimate of drug-likeness (QED) is 0.708. The minimum Gasteiger partial charge on any atom is -0.378 e. The summed E-state index contributed by atoms with van der Waals surface area (Å²) < 4.78 is 5.42. The molecule has 3 aromatic rings. The molecule has 1 aromatic carbocycles. The van der Waals surface area contributed by atoms with Crippen LogP contribution in [0.4, 0.5) is 5.82 Å². The molecule has 1 saturated heterocycles. The van der Waals surface area contributed by atoms with Crippen LogP contribution in [0.1, 0.15) is 38.7 Å². The molecule has 6 nitrogen and oxygen atoms in total. The number of aryl methyl sites for hydroxylation is 2. The Kier molecular flexibility index (Phi) is 6.05. The summed E-state index contributed by atoms with van der Waals surface area (Å²) in [7, 11) is 0. The molecule has 1 atom stereocenters. The van der Waals surface area contributed by atoms with Crippen molar-refractivity contribution in [2.45, 2.75) is 19.9 Å². The molecule has 1 N–H and O–H groups in total. The van der Waals surface area contributed by atoms with Crippen molar-refractivity contribution >= 4 is 11.7 Å². The lowest BCUT2D eigenvalue weighted by Gasteiger charge is -2.28. The second-order valence-corrected chi connectivity index (χ2v) is 7.55. The van der Waals surface area contributed by atoms with E-state index in [0.29, 0.717) is 18.8 Å². The van der Waals surface area contributed by atoms with Gasteiger partial charge < -0.3 is 15.0 Å². The monoisotopic (exact) mass is 402 g/mol. The molecular weight excluding hydrogens is 376 g/mol. The van der Waals surface area contributed by atoms with Crippen LogP contribution in [0.5, 0.6) is 0 Å². The molecule has 1 amide bonds. The molecule has 0 spiro atoms. The van der Waals surface area contributed by atoms with Crippen molar-refractivity contribution in [3.63, 3.8) is 0 Å².